The van der Waals surface area contributed by atoms with Gasteiger partial charge in [0.1, 0.15) is 0 Å². The molecular formula is C16H17BrClN. The Balaban J connectivity index is 2.27. The van der Waals surface area contributed by atoms with Crippen molar-refractivity contribution in [1.82, 2.24) is 0 Å². The van der Waals surface area contributed by atoms with Crippen LogP contribution in [0.3, 0.4) is 0 Å². The van der Waals surface area contributed by atoms with Gasteiger partial charge in [0.15, 0.2) is 0 Å². The summed E-state index contributed by atoms with van der Waals surface area (Å²) >= 11 is 9.69. The number of hydrogen-bond donors (Lipinski definition) is 1. The van der Waals surface area contributed by atoms with E-state index in [1.807, 2.05) is 18.2 Å². The van der Waals surface area contributed by atoms with Crippen LogP contribution in [-0.4, -0.2) is 0 Å². The minimum absolute atomic E-state index is 0.0921. The summed E-state index contributed by atoms with van der Waals surface area (Å²) in [7, 11) is 0. The van der Waals surface area contributed by atoms with E-state index in [1.165, 1.54) is 16.7 Å². The number of halogens is 2. The summed E-state index contributed by atoms with van der Waals surface area (Å²) in [5, 5.41) is 0.723. The average molecular weight is 339 g/mol. The van der Waals surface area contributed by atoms with Gasteiger partial charge >= 0.3 is 0 Å². The van der Waals surface area contributed by atoms with Gasteiger partial charge in [0.2, 0.25) is 0 Å². The Bertz CT molecular complexity index is 595. The highest BCUT2D eigenvalue weighted by Gasteiger charge is 2.13. The predicted octanol–water partition coefficient (Wildman–Crippen LogP) is 4.96. The van der Waals surface area contributed by atoms with E-state index in [0.29, 0.717) is 0 Å². The van der Waals surface area contributed by atoms with Crippen LogP contribution in [0, 0.1) is 13.8 Å². The lowest BCUT2D eigenvalue weighted by Crippen LogP contribution is -2.14. The van der Waals surface area contributed by atoms with E-state index in [0.717, 1.165) is 21.5 Å². The molecule has 0 saturated heterocycles. The van der Waals surface area contributed by atoms with Gasteiger partial charge in [-0.2, -0.15) is 0 Å². The molecule has 100 valence electrons. The van der Waals surface area contributed by atoms with Crippen LogP contribution in [0.5, 0.6) is 0 Å². The van der Waals surface area contributed by atoms with Crippen molar-refractivity contribution in [2.24, 2.45) is 5.73 Å². The van der Waals surface area contributed by atoms with Crippen LogP contribution < -0.4 is 5.73 Å². The molecule has 0 heterocycles. The Labute approximate surface area is 127 Å². The largest absolute Gasteiger partial charge is 0.324 e. The third kappa shape index (κ3) is 3.59. The van der Waals surface area contributed by atoms with Gasteiger partial charge in [0.25, 0.3) is 0 Å². The summed E-state index contributed by atoms with van der Waals surface area (Å²) in [6.07, 6.45) is 0.795. The van der Waals surface area contributed by atoms with E-state index in [9.17, 15) is 0 Å². The van der Waals surface area contributed by atoms with Crippen LogP contribution >= 0.6 is 27.5 Å². The van der Waals surface area contributed by atoms with Gasteiger partial charge < -0.3 is 5.73 Å². The monoisotopic (exact) mass is 337 g/mol. The van der Waals surface area contributed by atoms with Crippen molar-refractivity contribution in [2.75, 3.05) is 0 Å². The molecule has 0 aliphatic carbocycles. The first kappa shape index (κ1) is 14.6. The molecule has 0 bridgehead atoms. The quantitative estimate of drug-likeness (QED) is 0.841. The number of hydrogen-bond acceptors (Lipinski definition) is 1. The van der Waals surface area contributed by atoms with Gasteiger partial charge in [-0.05, 0) is 55.2 Å². The van der Waals surface area contributed by atoms with Crippen LogP contribution in [0.15, 0.2) is 40.9 Å². The molecule has 0 aliphatic rings. The minimum Gasteiger partial charge on any atom is -0.324 e. The smallest absolute Gasteiger partial charge is 0.0454 e. The SMILES string of the molecule is Cc1ccc(C)c(CC(N)c2cc(Br)ccc2Cl)c1. The summed E-state index contributed by atoms with van der Waals surface area (Å²) in [6.45, 7) is 4.21. The Hall–Kier alpha value is -0.830. The second-order valence-corrected chi connectivity index (χ2v) is 6.23. The van der Waals surface area contributed by atoms with E-state index in [4.69, 9.17) is 17.3 Å². The normalized spacial score (nSPS) is 12.5. The zero-order valence-corrected chi connectivity index (χ0v) is 13.4. The number of benzene rings is 2. The van der Waals surface area contributed by atoms with Gasteiger partial charge in [0, 0.05) is 15.5 Å². The zero-order chi connectivity index (χ0) is 14.0. The highest BCUT2D eigenvalue weighted by molar-refractivity contribution is 9.10. The molecule has 1 atom stereocenters. The third-order valence-electron chi connectivity index (χ3n) is 3.30. The minimum atomic E-state index is -0.0921. The van der Waals surface area contributed by atoms with Crippen molar-refractivity contribution < 1.29 is 0 Å². The van der Waals surface area contributed by atoms with Crippen LogP contribution in [0.1, 0.15) is 28.3 Å². The summed E-state index contributed by atoms with van der Waals surface area (Å²) in [4.78, 5) is 0. The highest BCUT2D eigenvalue weighted by atomic mass is 79.9. The lowest BCUT2D eigenvalue weighted by atomic mass is 9.95. The lowest BCUT2D eigenvalue weighted by Gasteiger charge is -2.16. The van der Waals surface area contributed by atoms with Gasteiger partial charge in [-0.3, -0.25) is 0 Å². The van der Waals surface area contributed by atoms with Crippen molar-refractivity contribution in [2.45, 2.75) is 26.3 Å². The molecule has 0 aromatic heterocycles. The molecule has 1 unspecified atom stereocenters. The first-order chi connectivity index (χ1) is 8.97. The number of nitrogens with two attached hydrogens (primary N) is 1. The molecule has 0 spiro atoms. The topological polar surface area (TPSA) is 26.0 Å². The molecule has 2 aromatic rings. The molecule has 0 fully saturated rings. The fraction of sp³-hybridized carbons (Fsp3) is 0.250. The van der Waals surface area contributed by atoms with Crippen LogP contribution in [0.25, 0.3) is 0 Å². The molecule has 2 rings (SSSR count). The van der Waals surface area contributed by atoms with Gasteiger partial charge in [-0.1, -0.05) is 51.3 Å². The summed E-state index contributed by atoms with van der Waals surface area (Å²) in [6, 6.07) is 12.2. The van der Waals surface area contributed by atoms with Crippen molar-refractivity contribution in [3.05, 3.63) is 68.1 Å². The number of aryl methyl sites for hydroxylation is 2. The number of rotatable bonds is 3. The second kappa shape index (κ2) is 6.08. The molecule has 0 aliphatic heterocycles. The maximum absolute atomic E-state index is 6.31. The van der Waals surface area contributed by atoms with Crippen molar-refractivity contribution >= 4 is 27.5 Å². The van der Waals surface area contributed by atoms with E-state index >= 15 is 0 Å². The van der Waals surface area contributed by atoms with Crippen molar-refractivity contribution in [3.8, 4) is 0 Å². The maximum atomic E-state index is 6.31. The molecular weight excluding hydrogens is 322 g/mol. The highest BCUT2D eigenvalue weighted by Crippen LogP contribution is 2.28. The molecule has 0 amide bonds. The average Bonchev–Trinajstić information content (AvgIpc) is 2.36. The first-order valence-electron chi connectivity index (χ1n) is 6.24. The Morgan fingerprint density at radius 3 is 2.63 bits per heavy atom. The summed E-state index contributed by atoms with van der Waals surface area (Å²) in [5.74, 6) is 0. The molecule has 0 saturated carbocycles. The van der Waals surface area contributed by atoms with E-state index in [1.54, 1.807) is 0 Å². The lowest BCUT2D eigenvalue weighted by molar-refractivity contribution is 0.718. The Morgan fingerprint density at radius 2 is 1.89 bits per heavy atom. The van der Waals surface area contributed by atoms with Crippen LogP contribution in [0.4, 0.5) is 0 Å². The second-order valence-electron chi connectivity index (χ2n) is 4.91. The molecule has 3 heteroatoms. The van der Waals surface area contributed by atoms with Gasteiger partial charge in [0.05, 0.1) is 0 Å². The van der Waals surface area contributed by atoms with Crippen LogP contribution in [0.2, 0.25) is 5.02 Å². The predicted molar refractivity (Wildman–Crippen MR) is 85.7 cm³/mol. The van der Waals surface area contributed by atoms with Gasteiger partial charge in [-0.15, -0.1) is 0 Å². The van der Waals surface area contributed by atoms with E-state index in [2.05, 4.69) is 48.0 Å². The first-order valence-corrected chi connectivity index (χ1v) is 7.41. The molecule has 2 aromatic carbocycles. The van der Waals surface area contributed by atoms with Crippen molar-refractivity contribution in [3.63, 3.8) is 0 Å². The van der Waals surface area contributed by atoms with E-state index < -0.39 is 0 Å². The fourth-order valence-corrected chi connectivity index (χ4v) is 2.80. The van der Waals surface area contributed by atoms with E-state index in [-0.39, 0.29) is 6.04 Å². The fourth-order valence-electron chi connectivity index (χ4n) is 2.17. The van der Waals surface area contributed by atoms with Crippen LogP contribution in [-0.2, 0) is 6.42 Å². The van der Waals surface area contributed by atoms with Gasteiger partial charge in [-0.25, -0.2) is 0 Å². The summed E-state index contributed by atoms with van der Waals surface area (Å²) in [5.41, 5.74) is 11.1. The molecule has 2 N–H and O–H groups in total. The Morgan fingerprint density at radius 1 is 1.16 bits per heavy atom. The standard InChI is InChI=1S/C16H17BrClN/c1-10-3-4-11(2)12(7-10)8-16(19)14-9-13(17)5-6-15(14)18/h3-7,9,16H,8,19H2,1-2H3. The summed E-state index contributed by atoms with van der Waals surface area (Å²) < 4.78 is 1.00. The molecule has 19 heavy (non-hydrogen) atoms. The maximum Gasteiger partial charge on any atom is 0.0454 e. The zero-order valence-electron chi connectivity index (χ0n) is 11.1. The Kier molecular flexibility index (Phi) is 4.67. The molecule has 0 radical (unpaired) electrons. The van der Waals surface area contributed by atoms with Crippen molar-refractivity contribution in [1.29, 1.82) is 0 Å². The third-order valence-corrected chi connectivity index (χ3v) is 4.14. The molecule has 1 nitrogen and oxygen atoms in total.